The van der Waals surface area contributed by atoms with Crippen LogP contribution in [0.15, 0.2) is 91.6 Å². The molecule has 0 aliphatic heterocycles. The molecule has 0 aliphatic carbocycles. The van der Waals surface area contributed by atoms with Gasteiger partial charge in [0.15, 0.2) is 0 Å². The number of benzene rings is 3. The van der Waals surface area contributed by atoms with Crippen LogP contribution in [0.25, 0.3) is 22.0 Å². The number of aromatic amines is 1. The molecule has 2 aromatic heterocycles. The lowest BCUT2D eigenvalue weighted by Gasteiger charge is -2.30. The van der Waals surface area contributed by atoms with Gasteiger partial charge in [-0.25, -0.2) is 13.8 Å². The Hall–Kier alpha value is -4.39. The highest BCUT2D eigenvalue weighted by molar-refractivity contribution is 5.98. The van der Waals surface area contributed by atoms with E-state index in [0.717, 1.165) is 33.7 Å². The normalized spacial score (nSPS) is 12.0. The standard InChI is InChI=1S/C28H22F2N4O/c1-18(21-10-23(29)13-24(30)11-21)34(25-8-6-19(7-9-25)27-16-32-17-33-27)28(35)12-22-15-31-14-20-4-2-3-5-26(20)22/h2-11,13-18H,12H2,1H3,(H,32,33). The van der Waals surface area contributed by atoms with E-state index in [9.17, 15) is 13.6 Å². The van der Waals surface area contributed by atoms with Gasteiger partial charge in [-0.05, 0) is 53.3 Å². The zero-order valence-corrected chi connectivity index (χ0v) is 19.0. The number of pyridine rings is 1. The molecule has 35 heavy (non-hydrogen) atoms. The van der Waals surface area contributed by atoms with Crippen molar-refractivity contribution < 1.29 is 13.6 Å². The second-order valence-corrected chi connectivity index (χ2v) is 8.35. The SMILES string of the molecule is CC(c1cc(F)cc(F)c1)N(C(=O)Cc1cncc2ccccc12)c1ccc(-c2cnc[nH]2)cc1. The molecule has 0 radical (unpaired) electrons. The van der Waals surface area contributed by atoms with E-state index in [1.165, 1.54) is 12.1 Å². The molecule has 1 unspecified atom stereocenters. The van der Waals surface area contributed by atoms with Crippen molar-refractivity contribution in [1.82, 2.24) is 15.0 Å². The van der Waals surface area contributed by atoms with Crippen molar-refractivity contribution in [2.24, 2.45) is 0 Å². The third-order valence-electron chi connectivity index (χ3n) is 6.07. The monoisotopic (exact) mass is 468 g/mol. The number of halogens is 2. The van der Waals surface area contributed by atoms with Gasteiger partial charge < -0.3 is 9.88 Å². The van der Waals surface area contributed by atoms with Gasteiger partial charge in [-0.1, -0.05) is 36.4 Å². The summed E-state index contributed by atoms with van der Waals surface area (Å²) in [4.78, 5) is 26.7. The van der Waals surface area contributed by atoms with Gasteiger partial charge in [0.25, 0.3) is 0 Å². The van der Waals surface area contributed by atoms with E-state index in [2.05, 4.69) is 15.0 Å². The van der Waals surface area contributed by atoms with Gasteiger partial charge in [0.1, 0.15) is 11.6 Å². The van der Waals surface area contributed by atoms with Crippen LogP contribution in [0.4, 0.5) is 14.5 Å². The molecule has 0 saturated heterocycles. The van der Waals surface area contributed by atoms with Gasteiger partial charge in [0.2, 0.25) is 5.91 Å². The summed E-state index contributed by atoms with van der Waals surface area (Å²) >= 11 is 0. The van der Waals surface area contributed by atoms with Crippen molar-refractivity contribution in [3.05, 3.63) is 114 Å². The number of carbonyl (C=O) groups is 1. The first-order chi connectivity index (χ1) is 17.0. The third kappa shape index (κ3) is 4.66. The van der Waals surface area contributed by atoms with Crippen LogP contribution < -0.4 is 4.90 Å². The van der Waals surface area contributed by atoms with Crippen molar-refractivity contribution in [2.45, 2.75) is 19.4 Å². The average molecular weight is 469 g/mol. The Morgan fingerprint density at radius 3 is 2.40 bits per heavy atom. The van der Waals surface area contributed by atoms with E-state index in [-0.39, 0.29) is 12.3 Å². The molecule has 5 rings (SSSR count). The second kappa shape index (κ2) is 9.46. The number of fused-ring (bicyclic) bond motifs is 1. The topological polar surface area (TPSA) is 61.9 Å². The molecule has 1 amide bonds. The number of anilines is 1. The quantitative estimate of drug-likeness (QED) is 0.321. The molecule has 1 atom stereocenters. The number of H-pyrrole nitrogens is 1. The summed E-state index contributed by atoms with van der Waals surface area (Å²) in [7, 11) is 0. The molecule has 7 heteroatoms. The minimum atomic E-state index is -0.688. The molecule has 0 fully saturated rings. The lowest BCUT2D eigenvalue weighted by atomic mass is 10.0. The predicted molar refractivity (Wildman–Crippen MR) is 132 cm³/mol. The van der Waals surface area contributed by atoms with Crippen LogP contribution >= 0.6 is 0 Å². The highest BCUT2D eigenvalue weighted by Crippen LogP contribution is 2.31. The fourth-order valence-electron chi connectivity index (χ4n) is 4.33. The average Bonchev–Trinajstić information content (AvgIpc) is 3.39. The van der Waals surface area contributed by atoms with Crippen LogP contribution in [0.5, 0.6) is 0 Å². The number of hydrogen-bond acceptors (Lipinski definition) is 3. The number of imidazole rings is 1. The maximum absolute atomic E-state index is 14.0. The summed E-state index contributed by atoms with van der Waals surface area (Å²) < 4.78 is 28.1. The Labute approximate surface area is 201 Å². The number of nitrogens with zero attached hydrogens (tertiary/aromatic N) is 3. The molecule has 0 saturated carbocycles. The van der Waals surface area contributed by atoms with Gasteiger partial charge in [0, 0.05) is 29.5 Å². The summed E-state index contributed by atoms with van der Waals surface area (Å²) in [6, 6.07) is 17.8. The summed E-state index contributed by atoms with van der Waals surface area (Å²) in [6.45, 7) is 1.76. The minimum Gasteiger partial charge on any atom is -0.345 e. The van der Waals surface area contributed by atoms with Crippen molar-refractivity contribution in [2.75, 3.05) is 4.90 Å². The number of rotatable bonds is 6. The van der Waals surface area contributed by atoms with Crippen LogP contribution in [0, 0.1) is 11.6 Å². The lowest BCUT2D eigenvalue weighted by molar-refractivity contribution is -0.118. The van der Waals surface area contributed by atoms with Crippen LogP contribution in [-0.2, 0) is 11.2 Å². The van der Waals surface area contributed by atoms with E-state index in [4.69, 9.17) is 0 Å². The van der Waals surface area contributed by atoms with E-state index >= 15 is 0 Å². The number of amides is 1. The number of carbonyl (C=O) groups excluding carboxylic acids is 1. The summed E-state index contributed by atoms with van der Waals surface area (Å²) in [5.41, 5.74) is 3.51. The van der Waals surface area contributed by atoms with Crippen molar-refractivity contribution in [3.63, 3.8) is 0 Å². The van der Waals surface area contributed by atoms with Crippen molar-refractivity contribution in [3.8, 4) is 11.3 Å². The Morgan fingerprint density at radius 2 is 1.69 bits per heavy atom. The van der Waals surface area contributed by atoms with Gasteiger partial charge in [-0.15, -0.1) is 0 Å². The van der Waals surface area contributed by atoms with E-state index in [0.29, 0.717) is 11.3 Å². The number of nitrogens with one attached hydrogen (secondary N) is 1. The summed E-state index contributed by atoms with van der Waals surface area (Å²) in [5, 5.41) is 1.88. The van der Waals surface area contributed by atoms with E-state index in [1.54, 1.807) is 36.7 Å². The Morgan fingerprint density at radius 1 is 0.943 bits per heavy atom. The molecule has 5 nitrogen and oxygen atoms in total. The van der Waals surface area contributed by atoms with Gasteiger partial charge >= 0.3 is 0 Å². The van der Waals surface area contributed by atoms with E-state index < -0.39 is 17.7 Å². The molecule has 0 spiro atoms. The molecular weight excluding hydrogens is 446 g/mol. The maximum Gasteiger partial charge on any atom is 0.232 e. The zero-order chi connectivity index (χ0) is 24.4. The fourth-order valence-corrected chi connectivity index (χ4v) is 4.33. The van der Waals surface area contributed by atoms with Crippen molar-refractivity contribution >= 4 is 22.4 Å². The molecule has 3 aromatic carbocycles. The van der Waals surface area contributed by atoms with Crippen LogP contribution in [0.2, 0.25) is 0 Å². The highest BCUT2D eigenvalue weighted by atomic mass is 19.1. The summed E-state index contributed by atoms with van der Waals surface area (Å²) in [5.74, 6) is -1.59. The van der Waals surface area contributed by atoms with Gasteiger partial charge in [-0.3, -0.25) is 9.78 Å². The van der Waals surface area contributed by atoms with Crippen molar-refractivity contribution in [1.29, 1.82) is 0 Å². The molecule has 1 N–H and O–H groups in total. The van der Waals surface area contributed by atoms with Gasteiger partial charge in [-0.2, -0.15) is 0 Å². The smallest absolute Gasteiger partial charge is 0.232 e. The maximum atomic E-state index is 14.0. The van der Waals surface area contributed by atoms with Crippen LogP contribution in [-0.4, -0.2) is 20.9 Å². The molecular formula is C28H22F2N4O. The largest absolute Gasteiger partial charge is 0.345 e. The minimum absolute atomic E-state index is 0.0821. The Kier molecular flexibility index (Phi) is 6.06. The lowest BCUT2D eigenvalue weighted by Crippen LogP contribution is -2.35. The molecule has 5 aromatic rings. The van der Waals surface area contributed by atoms with Crippen LogP contribution in [0.3, 0.4) is 0 Å². The second-order valence-electron chi connectivity index (χ2n) is 8.35. The Bertz CT molecular complexity index is 1460. The molecule has 174 valence electrons. The first-order valence-electron chi connectivity index (χ1n) is 11.2. The fraction of sp³-hybridized carbons (Fsp3) is 0.107. The summed E-state index contributed by atoms with van der Waals surface area (Å²) in [6.07, 6.45) is 6.83. The zero-order valence-electron chi connectivity index (χ0n) is 19.0. The first-order valence-corrected chi connectivity index (χ1v) is 11.2. The van der Waals surface area contributed by atoms with Crippen LogP contribution in [0.1, 0.15) is 24.1 Å². The molecule has 2 heterocycles. The number of aromatic nitrogens is 3. The number of hydrogen-bond donors (Lipinski definition) is 1. The Balaban J connectivity index is 1.54. The highest BCUT2D eigenvalue weighted by Gasteiger charge is 2.25. The third-order valence-corrected chi connectivity index (χ3v) is 6.07. The first kappa shape index (κ1) is 22.4. The predicted octanol–water partition coefficient (Wildman–Crippen LogP) is 6.24. The van der Waals surface area contributed by atoms with E-state index in [1.807, 2.05) is 48.5 Å². The molecule has 0 aliphatic rings. The molecule has 0 bridgehead atoms. The van der Waals surface area contributed by atoms with Gasteiger partial charge in [0.05, 0.1) is 30.7 Å².